The lowest BCUT2D eigenvalue weighted by atomic mass is 10.1. The first-order valence-electron chi connectivity index (χ1n) is 10.8. The smallest absolute Gasteiger partial charge is 0.241 e. The van der Waals surface area contributed by atoms with Crippen molar-refractivity contribution in [1.82, 2.24) is 35.5 Å². The molecule has 0 unspecified atom stereocenters. The lowest BCUT2D eigenvalue weighted by molar-refractivity contribution is -0.127. The largest absolute Gasteiger partial charge is 0.388 e. The molecule has 4 aromatic rings. The van der Waals surface area contributed by atoms with Crippen molar-refractivity contribution in [3.05, 3.63) is 77.1 Å². The molecule has 0 fully saturated rings. The Morgan fingerprint density at radius 1 is 1.14 bits per heavy atom. The third kappa shape index (κ3) is 6.39. The summed E-state index contributed by atoms with van der Waals surface area (Å²) in [6, 6.07) is 9.60. The van der Waals surface area contributed by atoms with E-state index in [4.69, 9.17) is 33.8 Å². The van der Waals surface area contributed by atoms with Crippen LogP contribution < -0.4 is 21.4 Å². The number of nitrogens with one attached hydrogen (secondary N) is 3. The maximum absolute atomic E-state index is 12.4. The Morgan fingerprint density at radius 2 is 2.00 bits per heavy atom. The number of rotatable bonds is 11. The second-order valence-electron chi connectivity index (χ2n) is 7.67. The normalized spacial score (nSPS) is 11.7. The van der Waals surface area contributed by atoms with Crippen LogP contribution in [-0.4, -0.2) is 49.1 Å². The standard InChI is InChI=1S/C23H22Cl2N8O3/c24-17-4-3-16(9-18(17)25)33-22(10-19(32-33)14-2-1-6-27-11-14)36-30-7-5-21(34)31-20(23(26)35)8-15-12-28-13-29-15/h1-4,6,9-13,20,30H,5,7-8H2,(H2,26,35)(H,28,29)(H,31,34)/t20-/m0/s1. The van der Waals surface area contributed by atoms with Crippen molar-refractivity contribution in [2.24, 2.45) is 5.73 Å². The highest BCUT2D eigenvalue weighted by Crippen LogP contribution is 2.29. The van der Waals surface area contributed by atoms with Crippen LogP contribution in [0.5, 0.6) is 5.88 Å². The van der Waals surface area contributed by atoms with E-state index in [2.05, 4.69) is 30.8 Å². The van der Waals surface area contributed by atoms with Gasteiger partial charge < -0.3 is 20.9 Å². The number of H-pyrrole nitrogens is 1. The summed E-state index contributed by atoms with van der Waals surface area (Å²) in [5.74, 6) is -0.666. The quantitative estimate of drug-likeness (QED) is 0.172. The monoisotopic (exact) mass is 528 g/mol. The van der Waals surface area contributed by atoms with E-state index in [1.165, 1.54) is 6.33 Å². The predicted octanol–water partition coefficient (Wildman–Crippen LogP) is 2.45. The Hall–Kier alpha value is -3.93. The molecule has 2 amide bonds. The molecule has 0 saturated heterocycles. The van der Waals surface area contributed by atoms with E-state index >= 15 is 0 Å². The Kier molecular flexibility index (Phi) is 8.16. The molecular weight excluding hydrogens is 507 g/mol. The molecule has 0 aliphatic carbocycles. The van der Waals surface area contributed by atoms with Gasteiger partial charge in [0, 0.05) is 55.3 Å². The average Bonchev–Trinajstić information content (AvgIpc) is 3.54. The van der Waals surface area contributed by atoms with Crippen molar-refractivity contribution in [3.63, 3.8) is 0 Å². The number of amides is 2. The van der Waals surface area contributed by atoms with E-state index in [0.29, 0.717) is 33.0 Å². The number of aromatic amines is 1. The number of pyridine rings is 1. The Bertz CT molecular complexity index is 1330. The molecule has 186 valence electrons. The number of hydrogen-bond donors (Lipinski definition) is 4. The summed E-state index contributed by atoms with van der Waals surface area (Å²) < 4.78 is 1.55. The summed E-state index contributed by atoms with van der Waals surface area (Å²) in [6.07, 6.45) is 6.64. The zero-order valence-corrected chi connectivity index (χ0v) is 20.3. The first-order valence-corrected chi connectivity index (χ1v) is 11.6. The first-order chi connectivity index (χ1) is 17.4. The first kappa shape index (κ1) is 25.2. The highest BCUT2D eigenvalue weighted by atomic mass is 35.5. The van der Waals surface area contributed by atoms with Crippen molar-refractivity contribution in [2.75, 3.05) is 6.54 Å². The fourth-order valence-electron chi connectivity index (χ4n) is 3.29. The molecule has 0 bridgehead atoms. The van der Waals surface area contributed by atoms with Gasteiger partial charge in [-0.2, -0.15) is 15.3 Å². The van der Waals surface area contributed by atoms with Crippen LogP contribution in [0.3, 0.4) is 0 Å². The van der Waals surface area contributed by atoms with E-state index in [1.54, 1.807) is 53.6 Å². The number of hydroxylamine groups is 1. The zero-order chi connectivity index (χ0) is 25.5. The van der Waals surface area contributed by atoms with Gasteiger partial charge in [0.05, 0.1) is 27.8 Å². The summed E-state index contributed by atoms with van der Waals surface area (Å²) in [4.78, 5) is 40.7. The molecule has 5 N–H and O–H groups in total. The zero-order valence-electron chi connectivity index (χ0n) is 18.8. The highest BCUT2D eigenvalue weighted by molar-refractivity contribution is 6.42. The van der Waals surface area contributed by atoms with Gasteiger partial charge in [0.25, 0.3) is 0 Å². The van der Waals surface area contributed by atoms with E-state index in [0.717, 1.165) is 5.56 Å². The number of primary amides is 1. The van der Waals surface area contributed by atoms with Gasteiger partial charge in [0.15, 0.2) is 0 Å². The van der Waals surface area contributed by atoms with Gasteiger partial charge in [0.2, 0.25) is 17.7 Å². The van der Waals surface area contributed by atoms with E-state index in [9.17, 15) is 9.59 Å². The molecule has 36 heavy (non-hydrogen) atoms. The molecule has 1 aromatic carbocycles. The number of nitrogens with two attached hydrogens (primary N) is 1. The second kappa shape index (κ2) is 11.7. The number of hydrogen-bond acceptors (Lipinski definition) is 7. The third-order valence-electron chi connectivity index (χ3n) is 5.07. The van der Waals surface area contributed by atoms with Gasteiger partial charge in [-0.1, -0.05) is 23.2 Å². The summed E-state index contributed by atoms with van der Waals surface area (Å²) in [6.45, 7) is 0.149. The number of nitrogens with zero attached hydrogens (tertiary/aromatic N) is 4. The van der Waals surface area contributed by atoms with E-state index in [1.807, 2.05) is 6.07 Å². The third-order valence-corrected chi connectivity index (χ3v) is 5.81. The number of benzene rings is 1. The topological polar surface area (TPSA) is 153 Å². The van der Waals surface area contributed by atoms with Crippen LogP contribution in [0.4, 0.5) is 0 Å². The van der Waals surface area contributed by atoms with Gasteiger partial charge in [-0.05, 0) is 30.3 Å². The molecule has 0 radical (unpaired) electrons. The summed E-state index contributed by atoms with van der Waals surface area (Å²) >= 11 is 12.2. The van der Waals surface area contributed by atoms with Gasteiger partial charge in [0.1, 0.15) is 6.04 Å². The average molecular weight is 529 g/mol. The minimum Gasteiger partial charge on any atom is -0.388 e. The number of aromatic nitrogens is 5. The minimum atomic E-state index is -0.864. The Labute approximate surface area is 215 Å². The van der Waals surface area contributed by atoms with Crippen LogP contribution in [0.15, 0.2) is 61.3 Å². The maximum atomic E-state index is 12.4. The molecule has 0 aliphatic heterocycles. The Balaban J connectivity index is 1.40. The molecule has 0 saturated carbocycles. The molecule has 11 nitrogen and oxygen atoms in total. The summed E-state index contributed by atoms with van der Waals surface area (Å²) in [7, 11) is 0. The lowest BCUT2D eigenvalue weighted by Gasteiger charge is -2.15. The highest BCUT2D eigenvalue weighted by Gasteiger charge is 2.19. The fourth-order valence-corrected chi connectivity index (χ4v) is 3.58. The van der Waals surface area contributed by atoms with Crippen molar-refractivity contribution < 1.29 is 14.4 Å². The maximum Gasteiger partial charge on any atom is 0.241 e. The van der Waals surface area contributed by atoms with Crippen molar-refractivity contribution in [2.45, 2.75) is 18.9 Å². The molecule has 1 atom stereocenters. The van der Waals surface area contributed by atoms with Crippen LogP contribution in [0.1, 0.15) is 12.1 Å². The molecule has 0 spiro atoms. The van der Waals surface area contributed by atoms with Crippen molar-refractivity contribution in [1.29, 1.82) is 0 Å². The van der Waals surface area contributed by atoms with Crippen LogP contribution in [0, 0.1) is 0 Å². The number of carbonyl (C=O) groups excluding carboxylic acids is 2. The van der Waals surface area contributed by atoms with Gasteiger partial charge >= 0.3 is 0 Å². The number of imidazole rings is 1. The lowest BCUT2D eigenvalue weighted by Crippen LogP contribution is -2.46. The van der Waals surface area contributed by atoms with Crippen molar-refractivity contribution >= 4 is 35.0 Å². The van der Waals surface area contributed by atoms with Gasteiger partial charge in [-0.15, -0.1) is 0 Å². The molecule has 3 heterocycles. The molecular formula is C23H22Cl2N8O3. The van der Waals surface area contributed by atoms with E-state index < -0.39 is 11.9 Å². The van der Waals surface area contributed by atoms with Crippen LogP contribution >= 0.6 is 23.2 Å². The van der Waals surface area contributed by atoms with Crippen molar-refractivity contribution in [3.8, 4) is 22.8 Å². The van der Waals surface area contributed by atoms with Gasteiger partial charge in [-0.3, -0.25) is 14.6 Å². The number of carbonyl (C=O) groups is 2. The SMILES string of the molecule is NC(=O)[C@H](Cc1cnc[nH]1)NC(=O)CCNOc1cc(-c2cccnc2)nn1-c1ccc(Cl)c(Cl)c1. The number of halogens is 2. The molecule has 4 rings (SSSR count). The predicted molar refractivity (Wildman–Crippen MR) is 133 cm³/mol. The van der Waals surface area contributed by atoms with Crippen LogP contribution in [0.25, 0.3) is 16.9 Å². The molecule has 13 heteroatoms. The van der Waals surface area contributed by atoms with Gasteiger partial charge in [-0.25, -0.2) is 4.98 Å². The fraction of sp³-hybridized carbons (Fsp3) is 0.174. The van der Waals surface area contributed by atoms with E-state index in [-0.39, 0.29) is 25.3 Å². The Morgan fingerprint density at radius 3 is 2.69 bits per heavy atom. The summed E-state index contributed by atoms with van der Waals surface area (Å²) in [5, 5.41) is 7.99. The molecule has 3 aromatic heterocycles. The molecule has 0 aliphatic rings. The van der Waals surface area contributed by atoms with Crippen LogP contribution in [-0.2, 0) is 16.0 Å². The summed E-state index contributed by atoms with van der Waals surface area (Å²) in [5.41, 5.74) is 10.9. The minimum absolute atomic E-state index is 0.0309. The second-order valence-corrected chi connectivity index (χ2v) is 8.48. The van der Waals surface area contributed by atoms with Crippen LogP contribution in [0.2, 0.25) is 10.0 Å².